The molecule has 2 rings (SSSR count). The molecule has 1 unspecified atom stereocenters. The van der Waals surface area contributed by atoms with E-state index in [1.165, 1.54) is 11.1 Å². The molecule has 1 aromatic rings. The highest BCUT2D eigenvalue weighted by atomic mass is 35.5. The molecule has 2 nitrogen and oxygen atoms in total. The zero-order valence-corrected chi connectivity index (χ0v) is 9.45. The molecule has 0 saturated heterocycles. The topological polar surface area (TPSA) is 24.4 Å². The molecule has 0 aliphatic carbocycles. The summed E-state index contributed by atoms with van der Waals surface area (Å²) in [5.74, 6) is 0. The van der Waals surface area contributed by atoms with Gasteiger partial charge in [0, 0.05) is 0 Å². The van der Waals surface area contributed by atoms with Crippen LogP contribution in [0.1, 0.15) is 11.1 Å². The number of benzene rings is 1. The minimum Gasteiger partial charge on any atom is -0.362 e. The monoisotopic (exact) mass is 228 g/mol. The summed E-state index contributed by atoms with van der Waals surface area (Å²) in [5.41, 5.74) is 3.80. The first-order chi connectivity index (χ1) is 6.58. The van der Waals surface area contributed by atoms with Gasteiger partial charge in [0.1, 0.15) is 5.17 Å². The summed E-state index contributed by atoms with van der Waals surface area (Å²) in [6.45, 7) is 4.10. The Morgan fingerprint density at radius 1 is 1.29 bits per heavy atom. The lowest BCUT2D eigenvalue weighted by Crippen LogP contribution is -2.22. The van der Waals surface area contributed by atoms with E-state index in [1.54, 1.807) is 0 Å². The van der Waals surface area contributed by atoms with Gasteiger partial charge in [-0.2, -0.15) is 0 Å². The summed E-state index contributed by atoms with van der Waals surface area (Å²) in [4.78, 5) is 4.22. The van der Waals surface area contributed by atoms with Crippen LogP contribution in [0.5, 0.6) is 0 Å². The number of hydrogen-bond acceptors (Lipinski definition) is 2. The Bertz CT molecular complexity index is 413. The van der Waals surface area contributed by atoms with Crippen LogP contribution in [0.4, 0.5) is 11.4 Å². The summed E-state index contributed by atoms with van der Waals surface area (Å²) in [6.07, 6.45) is 0. The maximum absolute atomic E-state index is 5.91. The Morgan fingerprint density at radius 2 is 1.93 bits per heavy atom. The van der Waals surface area contributed by atoms with Gasteiger partial charge in [-0.05, 0) is 37.1 Å². The van der Waals surface area contributed by atoms with E-state index in [2.05, 4.69) is 17.2 Å². The summed E-state index contributed by atoms with van der Waals surface area (Å²) in [7, 11) is 0. The maximum atomic E-state index is 5.91. The number of fused-ring (bicyclic) bond motifs is 1. The first-order valence-electron chi connectivity index (χ1n) is 4.34. The molecule has 1 heterocycles. The first-order valence-corrected chi connectivity index (χ1v) is 5.15. The third kappa shape index (κ3) is 1.60. The average Bonchev–Trinajstić information content (AvgIpc) is 2.11. The molecule has 74 valence electrons. The molecular formula is C10H10Cl2N2. The lowest BCUT2D eigenvalue weighted by Gasteiger charge is -2.20. The Morgan fingerprint density at radius 3 is 2.64 bits per heavy atom. The predicted octanol–water partition coefficient (Wildman–Crippen LogP) is 3.56. The third-order valence-electron chi connectivity index (χ3n) is 2.33. The van der Waals surface area contributed by atoms with Crippen molar-refractivity contribution < 1.29 is 0 Å². The van der Waals surface area contributed by atoms with Gasteiger partial charge in [0.15, 0.2) is 5.50 Å². The number of aryl methyl sites for hydroxylation is 2. The van der Waals surface area contributed by atoms with Gasteiger partial charge in [0.25, 0.3) is 0 Å². The van der Waals surface area contributed by atoms with Crippen LogP contribution in [0.2, 0.25) is 0 Å². The molecule has 0 radical (unpaired) electrons. The van der Waals surface area contributed by atoms with Crippen molar-refractivity contribution in [3.05, 3.63) is 23.3 Å². The molecular weight excluding hydrogens is 219 g/mol. The van der Waals surface area contributed by atoms with Gasteiger partial charge in [-0.1, -0.05) is 23.2 Å². The molecule has 4 heteroatoms. The molecule has 0 bridgehead atoms. The Balaban J connectivity index is 2.55. The fraction of sp³-hybridized carbons (Fsp3) is 0.300. The van der Waals surface area contributed by atoms with E-state index in [-0.39, 0.29) is 0 Å². The van der Waals surface area contributed by atoms with Crippen LogP contribution in [-0.2, 0) is 0 Å². The van der Waals surface area contributed by atoms with E-state index in [0.717, 1.165) is 11.4 Å². The van der Waals surface area contributed by atoms with E-state index in [4.69, 9.17) is 23.2 Å². The molecule has 0 aromatic heterocycles. The van der Waals surface area contributed by atoms with E-state index < -0.39 is 5.50 Å². The van der Waals surface area contributed by atoms with Crippen molar-refractivity contribution >= 4 is 39.7 Å². The van der Waals surface area contributed by atoms with Crippen molar-refractivity contribution in [2.45, 2.75) is 19.3 Å². The smallest absolute Gasteiger partial charge is 0.155 e. The zero-order valence-electron chi connectivity index (χ0n) is 7.94. The summed E-state index contributed by atoms with van der Waals surface area (Å²) in [6, 6.07) is 4.04. The van der Waals surface area contributed by atoms with Crippen LogP contribution in [-0.4, -0.2) is 10.7 Å². The normalized spacial score (nSPS) is 19.7. The van der Waals surface area contributed by atoms with E-state index >= 15 is 0 Å². The highest BCUT2D eigenvalue weighted by Gasteiger charge is 2.18. The number of hydrogen-bond donors (Lipinski definition) is 1. The molecule has 0 fully saturated rings. The number of nitrogens with one attached hydrogen (secondary N) is 1. The minimum atomic E-state index is -0.411. The minimum absolute atomic E-state index is 0.391. The molecule has 1 N–H and O–H groups in total. The van der Waals surface area contributed by atoms with Crippen molar-refractivity contribution in [2.24, 2.45) is 4.99 Å². The summed E-state index contributed by atoms with van der Waals surface area (Å²) in [5, 5.41) is 3.47. The van der Waals surface area contributed by atoms with Gasteiger partial charge in [0.05, 0.1) is 11.4 Å². The van der Waals surface area contributed by atoms with Crippen LogP contribution in [0, 0.1) is 13.8 Å². The fourth-order valence-electron chi connectivity index (χ4n) is 1.38. The van der Waals surface area contributed by atoms with Gasteiger partial charge in [-0.15, -0.1) is 0 Å². The molecule has 0 spiro atoms. The first kappa shape index (κ1) is 9.81. The van der Waals surface area contributed by atoms with E-state index in [0.29, 0.717) is 5.17 Å². The second-order valence-electron chi connectivity index (χ2n) is 3.40. The Hall–Kier alpha value is -0.730. The molecule has 1 atom stereocenters. The van der Waals surface area contributed by atoms with E-state index in [9.17, 15) is 0 Å². The van der Waals surface area contributed by atoms with Gasteiger partial charge >= 0.3 is 0 Å². The second kappa shape index (κ2) is 3.44. The van der Waals surface area contributed by atoms with Crippen molar-refractivity contribution in [1.29, 1.82) is 0 Å². The van der Waals surface area contributed by atoms with Crippen molar-refractivity contribution in [1.82, 2.24) is 0 Å². The summed E-state index contributed by atoms with van der Waals surface area (Å²) >= 11 is 11.8. The molecule has 0 amide bonds. The standard InChI is InChI=1S/C10H10Cl2N2/c1-5-3-7-8(4-6(5)2)14-10(12)9(11)13-7/h3-4,9,13H,1-2H3. The number of halogens is 2. The number of rotatable bonds is 0. The predicted molar refractivity (Wildman–Crippen MR) is 62.1 cm³/mol. The number of nitrogens with zero attached hydrogens (tertiary/aromatic N) is 1. The number of alkyl halides is 1. The van der Waals surface area contributed by atoms with Crippen LogP contribution in [0.3, 0.4) is 0 Å². The Labute approximate surface area is 92.9 Å². The van der Waals surface area contributed by atoms with E-state index in [1.807, 2.05) is 19.1 Å². The lowest BCUT2D eigenvalue weighted by molar-refractivity contribution is 1.22. The van der Waals surface area contributed by atoms with Crippen LogP contribution >= 0.6 is 23.2 Å². The second-order valence-corrected chi connectivity index (χ2v) is 4.22. The fourth-order valence-corrected chi connectivity index (χ4v) is 1.69. The maximum Gasteiger partial charge on any atom is 0.155 e. The molecule has 1 aliphatic heterocycles. The van der Waals surface area contributed by atoms with Crippen molar-refractivity contribution in [3.8, 4) is 0 Å². The SMILES string of the molecule is Cc1cc2c(cc1C)NC(Cl)C(Cl)=N2. The van der Waals surface area contributed by atoms with Crippen LogP contribution < -0.4 is 5.32 Å². The van der Waals surface area contributed by atoms with Crippen molar-refractivity contribution in [2.75, 3.05) is 5.32 Å². The van der Waals surface area contributed by atoms with Crippen LogP contribution in [0.25, 0.3) is 0 Å². The van der Waals surface area contributed by atoms with Gasteiger partial charge in [-0.25, -0.2) is 4.99 Å². The third-order valence-corrected chi connectivity index (χ3v) is 3.06. The molecule has 14 heavy (non-hydrogen) atoms. The molecule has 1 aromatic carbocycles. The lowest BCUT2D eigenvalue weighted by atomic mass is 10.1. The largest absolute Gasteiger partial charge is 0.362 e. The highest BCUT2D eigenvalue weighted by Crippen LogP contribution is 2.33. The summed E-state index contributed by atoms with van der Waals surface area (Å²) < 4.78 is 0. The van der Waals surface area contributed by atoms with Gasteiger partial charge < -0.3 is 5.32 Å². The average molecular weight is 229 g/mol. The van der Waals surface area contributed by atoms with Crippen molar-refractivity contribution in [3.63, 3.8) is 0 Å². The number of aliphatic imine (C=N–C) groups is 1. The molecule has 1 aliphatic rings. The quantitative estimate of drug-likeness (QED) is 0.533. The zero-order chi connectivity index (χ0) is 10.3. The Kier molecular flexibility index (Phi) is 2.41. The molecule has 0 saturated carbocycles. The highest BCUT2D eigenvalue weighted by molar-refractivity contribution is 6.71. The number of anilines is 1. The van der Waals surface area contributed by atoms with Crippen LogP contribution in [0.15, 0.2) is 17.1 Å². The van der Waals surface area contributed by atoms with Gasteiger partial charge in [-0.3, -0.25) is 0 Å². The van der Waals surface area contributed by atoms with Gasteiger partial charge in [0.2, 0.25) is 0 Å².